The number of amides is 1. The van der Waals surface area contributed by atoms with Crippen LogP contribution in [-0.2, 0) is 4.79 Å². The summed E-state index contributed by atoms with van der Waals surface area (Å²) < 4.78 is 27.2. The molecule has 2 N–H and O–H groups in total. The van der Waals surface area contributed by atoms with E-state index in [0.717, 1.165) is 5.56 Å². The van der Waals surface area contributed by atoms with Crippen LogP contribution in [0, 0.1) is 5.92 Å². The lowest BCUT2D eigenvalue weighted by Crippen LogP contribution is -2.23. The van der Waals surface area contributed by atoms with Crippen molar-refractivity contribution in [2.45, 2.75) is 6.92 Å². The number of nitrogens with one attached hydrogen (secondary N) is 1. The lowest BCUT2D eigenvalue weighted by Gasteiger charge is -2.15. The molecule has 1 heterocycles. The van der Waals surface area contributed by atoms with Crippen molar-refractivity contribution >= 4 is 11.6 Å². The Morgan fingerprint density at radius 2 is 1.66 bits per heavy atom. The summed E-state index contributed by atoms with van der Waals surface area (Å²) in [5.74, 6) is 1.52. The minimum Gasteiger partial charge on any atom is -0.495 e. The van der Waals surface area contributed by atoms with E-state index in [1.807, 2.05) is 0 Å². The van der Waals surface area contributed by atoms with E-state index in [2.05, 4.69) is 10.5 Å². The van der Waals surface area contributed by atoms with Crippen LogP contribution >= 0.6 is 0 Å². The molecule has 1 atom stereocenters. The Hall–Kier alpha value is -3.72. The van der Waals surface area contributed by atoms with Crippen molar-refractivity contribution in [2.75, 3.05) is 40.4 Å². The van der Waals surface area contributed by atoms with Gasteiger partial charge in [0, 0.05) is 11.1 Å². The molecule has 3 aromatic rings. The molecule has 0 saturated heterocycles. The van der Waals surface area contributed by atoms with Crippen LogP contribution in [0.2, 0.25) is 0 Å². The molecular formula is C23H26N2O7. The Bertz CT molecular complexity index is 1070. The van der Waals surface area contributed by atoms with Crippen LogP contribution in [0.4, 0.5) is 5.69 Å². The van der Waals surface area contributed by atoms with E-state index in [1.165, 1.54) is 14.2 Å². The van der Waals surface area contributed by atoms with Gasteiger partial charge in [0.1, 0.15) is 5.75 Å². The van der Waals surface area contributed by atoms with Gasteiger partial charge in [-0.15, -0.1) is 0 Å². The van der Waals surface area contributed by atoms with E-state index in [9.17, 15) is 9.90 Å². The first kappa shape index (κ1) is 23.0. The van der Waals surface area contributed by atoms with E-state index in [0.29, 0.717) is 45.6 Å². The first-order valence-electron chi connectivity index (χ1n) is 9.82. The lowest BCUT2D eigenvalue weighted by atomic mass is 10.0. The first-order valence-corrected chi connectivity index (χ1v) is 9.82. The number of methoxy groups -OCH3 is 4. The molecule has 9 heteroatoms. The molecular weight excluding hydrogens is 416 g/mol. The maximum Gasteiger partial charge on any atom is 0.229 e. The number of anilines is 1. The molecule has 0 fully saturated rings. The summed E-state index contributed by atoms with van der Waals surface area (Å²) in [7, 11) is 6.13. The second-order valence-corrected chi connectivity index (χ2v) is 6.97. The standard InChI is InChI=1S/C23H26N2O7/c1-13(12-26)23(27)25-17-8-14(6-7-18(17)28-2)21-16(11-24-32-21)15-9-19(29-3)22(31-5)20(10-15)30-4/h6-11,13,26H,12H2,1-5H3,(H,25,27)/t13-/m0/s1. The Labute approximate surface area is 185 Å². The zero-order valence-electron chi connectivity index (χ0n) is 18.6. The maximum atomic E-state index is 12.3. The number of benzene rings is 2. The van der Waals surface area contributed by atoms with Crippen molar-refractivity contribution in [1.82, 2.24) is 5.16 Å². The molecule has 32 heavy (non-hydrogen) atoms. The topological polar surface area (TPSA) is 112 Å². The minimum absolute atomic E-state index is 0.263. The van der Waals surface area contributed by atoms with Gasteiger partial charge in [0.05, 0.1) is 52.8 Å². The third-order valence-electron chi connectivity index (χ3n) is 4.99. The van der Waals surface area contributed by atoms with E-state index in [4.69, 9.17) is 23.5 Å². The number of carbonyl (C=O) groups excluding carboxylic acids is 1. The van der Waals surface area contributed by atoms with Gasteiger partial charge in [0.25, 0.3) is 0 Å². The van der Waals surface area contributed by atoms with Gasteiger partial charge in [-0.05, 0) is 35.9 Å². The Morgan fingerprint density at radius 1 is 1.00 bits per heavy atom. The minimum atomic E-state index is -0.566. The molecule has 0 unspecified atom stereocenters. The van der Waals surface area contributed by atoms with Gasteiger partial charge >= 0.3 is 0 Å². The molecule has 3 rings (SSSR count). The van der Waals surface area contributed by atoms with Crippen LogP contribution in [0.1, 0.15) is 6.92 Å². The van der Waals surface area contributed by atoms with Crippen molar-refractivity contribution in [3.63, 3.8) is 0 Å². The van der Waals surface area contributed by atoms with Crippen molar-refractivity contribution in [3.8, 4) is 45.4 Å². The number of aromatic nitrogens is 1. The van der Waals surface area contributed by atoms with Crippen LogP contribution < -0.4 is 24.3 Å². The van der Waals surface area contributed by atoms with E-state index >= 15 is 0 Å². The fourth-order valence-electron chi connectivity index (χ4n) is 3.18. The lowest BCUT2D eigenvalue weighted by molar-refractivity contribution is -0.120. The quantitative estimate of drug-likeness (QED) is 0.517. The second kappa shape index (κ2) is 10.1. The van der Waals surface area contributed by atoms with Gasteiger partial charge in [-0.1, -0.05) is 12.1 Å². The number of ether oxygens (including phenoxy) is 4. The predicted molar refractivity (Wildman–Crippen MR) is 118 cm³/mol. The predicted octanol–water partition coefficient (Wildman–Crippen LogP) is 3.61. The van der Waals surface area contributed by atoms with Gasteiger partial charge in [-0.3, -0.25) is 4.79 Å². The average Bonchev–Trinajstić information content (AvgIpc) is 3.32. The van der Waals surface area contributed by atoms with Gasteiger partial charge in [0.15, 0.2) is 17.3 Å². The second-order valence-electron chi connectivity index (χ2n) is 6.97. The fraction of sp³-hybridized carbons (Fsp3) is 0.304. The van der Waals surface area contributed by atoms with E-state index in [-0.39, 0.29) is 12.5 Å². The largest absolute Gasteiger partial charge is 0.495 e. The Kier molecular flexibility index (Phi) is 7.21. The zero-order valence-corrected chi connectivity index (χ0v) is 18.6. The number of rotatable bonds is 9. The van der Waals surface area contributed by atoms with Crippen LogP contribution in [0.5, 0.6) is 23.0 Å². The van der Waals surface area contributed by atoms with Crippen LogP contribution in [0.3, 0.4) is 0 Å². The van der Waals surface area contributed by atoms with Gasteiger partial charge in [0.2, 0.25) is 11.7 Å². The third-order valence-corrected chi connectivity index (χ3v) is 4.99. The molecule has 0 aliphatic heterocycles. The highest BCUT2D eigenvalue weighted by Gasteiger charge is 2.21. The number of carbonyl (C=O) groups is 1. The van der Waals surface area contributed by atoms with Crippen LogP contribution in [-0.4, -0.2) is 51.2 Å². The molecule has 9 nitrogen and oxygen atoms in total. The van der Waals surface area contributed by atoms with Crippen molar-refractivity contribution in [3.05, 3.63) is 36.5 Å². The summed E-state index contributed by atoms with van der Waals surface area (Å²) in [4.78, 5) is 12.3. The monoisotopic (exact) mass is 442 g/mol. The summed E-state index contributed by atoms with van der Waals surface area (Å²) in [6, 6.07) is 8.84. The van der Waals surface area contributed by atoms with E-state index in [1.54, 1.807) is 57.7 Å². The Morgan fingerprint density at radius 3 is 2.22 bits per heavy atom. The van der Waals surface area contributed by atoms with Gasteiger partial charge in [-0.25, -0.2) is 0 Å². The van der Waals surface area contributed by atoms with Crippen molar-refractivity contribution in [2.24, 2.45) is 5.92 Å². The maximum absolute atomic E-state index is 12.3. The summed E-state index contributed by atoms with van der Waals surface area (Å²) in [6.45, 7) is 1.37. The summed E-state index contributed by atoms with van der Waals surface area (Å²) >= 11 is 0. The normalized spacial score (nSPS) is 11.6. The highest BCUT2D eigenvalue weighted by Crippen LogP contribution is 2.44. The highest BCUT2D eigenvalue weighted by molar-refractivity contribution is 5.95. The van der Waals surface area contributed by atoms with Crippen LogP contribution in [0.25, 0.3) is 22.5 Å². The molecule has 0 radical (unpaired) electrons. The number of hydrogen-bond acceptors (Lipinski definition) is 8. The third kappa shape index (κ3) is 4.47. The SMILES string of the molecule is COc1ccc(-c2oncc2-c2cc(OC)c(OC)c(OC)c2)cc1NC(=O)[C@@H](C)CO. The van der Waals surface area contributed by atoms with Gasteiger partial charge in [-0.2, -0.15) is 0 Å². The van der Waals surface area contributed by atoms with Crippen molar-refractivity contribution in [1.29, 1.82) is 0 Å². The molecule has 0 bridgehead atoms. The number of nitrogens with zero attached hydrogens (tertiary/aromatic N) is 1. The molecule has 0 spiro atoms. The van der Waals surface area contributed by atoms with Crippen molar-refractivity contribution < 1.29 is 33.4 Å². The molecule has 170 valence electrons. The number of aliphatic hydroxyl groups excluding tert-OH is 1. The average molecular weight is 442 g/mol. The number of hydrogen-bond donors (Lipinski definition) is 2. The molecule has 1 amide bonds. The molecule has 0 saturated carbocycles. The summed E-state index contributed by atoms with van der Waals surface area (Å²) in [5, 5.41) is 16.0. The molecule has 0 aliphatic carbocycles. The first-order chi connectivity index (χ1) is 15.5. The molecule has 2 aromatic carbocycles. The smallest absolute Gasteiger partial charge is 0.229 e. The van der Waals surface area contributed by atoms with Gasteiger partial charge < -0.3 is 33.9 Å². The van der Waals surface area contributed by atoms with Crippen LogP contribution in [0.15, 0.2) is 41.1 Å². The fourth-order valence-corrected chi connectivity index (χ4v) is 3.18. The molecule has 0 aliphatic rings. The van der Waals surface area contributed by atoms with E-state index < -0.39 is 5.92 Å². The number of aliphatic hydroxyl groups is 1. The molecule has 1 aromatic heterocycles. The highest BCUT2D eigenvalue weighted by atomic mass is 16.5. The summed E-state index contributed by atoms with van der Waals surface area (Å²) in [6.07, 6.45) is 1.59. The summed E-state index contributed by atoms with van der Waals surface area (Å²) in [5.41, 5.74) is 2.54. The Balaban J connectivity index is 2.07. The zero-order chi connectivity index (χ0) is 23.3.